The van der Waals surface area contributed by atoms with E-state index in [-0.39, 0.29) is 5.75 Å². The molecule has 0 aliphatic heterocycles. The van der Waals surface area contributed by atoms with Crippen molar-refractivity contribution in [3.05, 3.63) is 41.4 Å². The summed E-state index contributed by atoms with van der Waals surface area (Å²) < 4.78 is 26.0. The number of hydrogen-bond donors (Lipinski definition) is 1. The smallest absolute Gasteiger partial charge is 0.206 e. The molecule has 0 saturated carbocycles. The maximum absolute atomic E-state index is 12.2. The molecule has 2 aromatic rings. The number of sulfone groups is 1. The number of nitrogens with one attached hydrogen (secondary N) is 1. The molecule has 1 aromatic heterocycles. The first-order valence-corrected chi connectivity index (χ1v) is 10.6. The molecule has 1 heterocycles. The predicted octanol–water partition coefficient (Wildman–Crippen LogP) is 3.46. The normalized spacial score (nSPS) is 11.3. The third-order valence-corrected chi connectivity index (χ3v) is 7.09. The van der Waals surface area contributed by atoms with Crippen LogP contribution in [0.3, 0.4) is 0 Å². The summed E-state index contributed by atoms with van der Waals surface area (Å²) >= 11 is 6.08. The maximum Gasteiger partial charge on any atom is 0.206 e. The van der Waals surface area contributed by atoms with Gasteiger partial charge in [0.05, 0.1) is 10.6 Å². The lowest BCUT2D eigenvalue weighted by atomic mass is 10.4. The topological polar surface area (TPSA) is 72.0 Å². The van der Waals surface area contributed by atoms with Crippen molar-refractivity contribution in [2.24, 2.45) is 0 Å². The highest BCUT2D eigenvalue weighted by Gasteiger charge is 2.15. The van der Waals surface area contributed by atoms with Crippen LogP contribution in [0.1, 0.15) is 0 Å². The molecule has 118 valence electrons. The molecule has 0 bridgehead atoms. The first kappa shape index (κ1) is 17.5. The quantitative estimate of drug-likeness (QED) is 0.521. The summed E-state index contributed by atoms with van der Waals surface area (Å²) in [5.41, 5.74) is 0. The van der Waals surface area contributed by atoms with Gasteiger partial charge in [-0.2, -0.15) is 0 Å². The molecule has 0 fully saturated rings. The van der Waals surface area contributed by atoms with E-state index in [2.05, 4.69) is 38.0 Å². The van der Waals surface area contributed by atoms with E-state index in [9.17, 15) is 8.42 Å². The molecule has 9 heteroatoms. The van der Waals surface area contributed by atoms with Crippen molar-refractivity contribution in [2.75, 3.05) is 23.4 Å². The average molecular weight is 420 g/mol. The fourth-order valence-corrected chi connectivity index (χ4v) is 5.24. The number of aromatic nitrogens is 2. The van der Waals surface area contributed by atoms with E-state index in [1.807, 2.05) is 0 Å². The van der Waals surface area contributed by atoms with E-state index >= 15 is 0 Å². The van der Waals surface area contributed by atoms with E-state index in [1.165, 1.54) is 23.1 Å². The van der Waals surface area contributed by atoms with Crippen LogP contribution in [0, 0.1) is 0 Å². The standard InChI is InChI=1S/C13H14BrN3O2S3/c1-2-7-15-12-16-17-13(21-12)20-8-9-22(18,19)11-5-3-10(14)4-6-11/h2-6H,1,7-9H2,(H,15,16). The van der Waals surface area contributed by atoms with Crippen molar-refractivity contribution in [1.29, 1.82) is 0 Å². The van der Waals surface area contributed by atoms with Crippen LogP contribution in [0.25, 0.3) is 0 Å². The summed E-state index contributed by atoms with van der Waals surface area (Å²) in [4.78, 5) is 0.335. The predicted molar refractivity (Wildman–Crippen MR) is 95.5 cm³/mol. The minimum Gasteiger partial charge on any atom is -0.357 e. The van der Waals surface area contributed by atoms with Crippen molar-refractivity contribution >= 4 is 54.0 Å². The Morgan fingerprint density at radius 3 is 2.73 bits per heavy atom. The summed E-state index contributed by atoms with van der Waals surface area (Å²) in [7, 11) is -3.27. The van der Waals surface area contributed by atoms with E-state index in [1.54, 1.807) is 30.3 Å². The molecule has 1 N–H and O–H groups in total. The van der Waals surface area contributed by atoms with Crippen molar-refractivity contribution in [3.63, 3.8) is 0 Å². The highest BCUT2D eigenvalue weighted by Crippen LogP contribution is 2.26. The average Bonchev–Trinajstić information content (AvgIpc) is 2.93. The molecule has 5 nitrogen and oxygen atoms in total. The zero-order valence-electron chi connectivity index (χ0n) is 11.5. The summed E-state index contributed by atoms with van der Waals surface area (Å²) in [5.74, 6) is 0.503. The van der Waals surface area contributed by atoms with Crippen LogP contribution in [-0.2, 0) is 9.84 Å². The van der Waals surface area contributed by atoms with Crippen LogP contribution in [0.15, 0.2) is 50.6 Å². The van der Waals surface area contributed by atoms with E-state index in [0.717, 1.165) is 8.81 Å². The zero-order valence-corrected chi connectivity index (χ0v) is 15.6. The molecule has 0 saturated heterocycles. The first-order chi connectivity index (χ1) is 10.5. The number of nitrogens with zero attached hydrogens (tertiary/aromatic N) is 2. The number of thioether (sulfide) groups is 1. The van der Waals surface area contributed by atoms with Gasteiger partial charge in [0.1, 0.15) is 0 Å². The Kier molecular flexibility index (Phi) is 6.42. The van der Waals surface area contributed by atoms with Crippen LogP contribution < -0.4 is 5.32 Å². The molecule has 2 rings (SSSR count). The highest BCUT2D eigenvalue weighted by atomic mass is 79.9. The lowest BCUT2D eigenvalue weighted by Crippen LogP contribution is -2.08. The monoisotopic (exact) mass is 419 g/mol. The molecule has 0 radical (unpaired) electrons. The lowest BCUT2D eigenvalue weighted by molar-refractivity contribution is 0.597. The zero-order chi connectivity index (χ0) is 16.0. The van der Waals surface area contributed by atoms with Crippen molar-refractivity contribution < 1.29 is 8.42 Å². The van der Waals surface area contributed by atoms with Crippen LogP contribution in [0.5, 0.6) is 0 Å². The first-order valence-electron chi connectivity index (χ1n) is 6.30. The molecule has 0 unspecified atom stereocenters. The molecule has 0 aliphatic carbocycles. The Morgan fingerprint density at radius 2 is 2.05 bits per heavy atom. The Morgan fingerprint density at radius 1 is 1.32 bits per heavy atom. The van der Waals surface area contributed by atoms with Gasteiger partial charge in [0.15, 0.2) is 14.2 Å². The summed E-state index contributed by atoms with van der Waals surface area (Å²) in [6, 6.07) is 6.66. The lowest BCUT2D eigenvalue weighted by Gasteiger charge is -2.03. The minimum absolute atomic E-state index is 0.0638. The van der Waals surface area contributed by atoms with Crippen LogP contribution in [0.2, 0.25) is 0 Å². The van der Waals surface area contributed by atoms with E-state index in [4.69, 9.17) is 0 Å². The van der Waals surface area contributed by atoms with Gasteiger partial charge in [-0.05, 0) is 24.3 Å². The van der Waals surface area contributed by atoms with Crippen LogP contribution in [-0.4, -0.2) is 36.7 Å². The number of halogens is 1. The van der Waals surface area contributed by atoms with Crippen molar-refractivity contribution in [2.45, 2.75) is 9.24 Å². The molecule has 1 aromatic carbocycles. The second-order valence-electron chi connectivity index (χ2n) is 4.16. The Hall–Kier alpha value is -0.900. The van der Waals surface area contributed by atoms with Gasteiger partial charge in [-0.1, -0.05) is 45.1 Å². The molecular weight excluding hydrogens is 406 g/mol. The molecule has 0 aliphatic rings. The van der Waals surface area contributed by atoms with E-state index < -0.39 is 9.84 Å². The van der Waals surface area contributed by atoms with Gasteiger partial charge in [0.2, 0.25) is 5.13 Å². The van der Waals surface area contributed by atoms with Gasteiger partial charge in [0.25, 0.3) is 0 Å². The fraction of sp³-hybridized carbons (Fsp3) is 0.231. The van der Waals surface area contributed by atoms with Crippen molar-refractivity contribution in [1.82, 2.24) is 10.2 Å². The molecular formula is C13H14BrN3O2S3. The number of benzene rings is 1. The van der Waals surface area contributed by atoms with Crippen LogP contribution >= 0.6 is 39.0 Å². The van der Waals surface area contributed by atoms with Gasteiger partial charge in [0, 0.05) is 16.8 Å². The van der Waals surface area contributed by atoms with E-state index in [0.29, 0.717) is 22.3 Å². The SMILES string of the molecule is C=CCNc1nnc(SCCS(=O)(=O)c2ccc(Br)cc2)s1. The number of rotatable bonds is 8. The Bertz CT molecular complexity index is 729. The second kappa shape index (κ2) is 8.09. The van der Waals surface area contributed by atoms with Gasteiger partial charge < -0.3 is 5.32 Å². The fourth-order valence-electron chi connectivity index (χ4n) is 1.50. The third-order valence-electron chi connectivity index (χ3n) is 2.55. The molecule has 0 spiro atoms. The molecule has 0 amide bonds. The van der Waals surface area contributed by atoms with Gasteiger partial charge in [-0.25, -0.2) is 8.42 Å². The van der Waals surface area contributed by atoms with Gasteiger partial charge >= 0.3 is 0 Å². The Labute approximate surface area is 146 Å². The molecule has 22 heavy (non-hydrogen) atoms. The number of anilines is 1. The summed E-state index contributed by atoms with van der Waals surface area (Å²) in [5, 5.41) is 11.7. The third kappa shape index (κ3) is 5.08. The van der Waals surface area contributed by atoms with Crippen LogP contribution in [0.4, 0.5) is 5.13 Å². The van der Waals surface area contributed by atoms with Crippen molar-refractivity contribution in [3.8, 4) is 0 Å². The largest absolute Gasteiger partial charge is 0.357 e. The van der Waals surface area contributed by atoms with Gasteiger partial charge in [-0.3, -0.25) is 0 Å². The highest BCUT2D eigenvalue weighted by molar-refractivity contribution is 9.10. The minimum atomic E-state index is -3.27. The van der Waals surface area contributed by atoms with Gasteiger partial charge in [-0.15, -0.1) is 16.8 Å². The summed E-state index contributed by atoms with van der Waals surface area (Å²) in [6.45, 7) is 4.23. The Balaban J connectivity index is 1.88. The maximum atomic E-state index is 12.2. The molecule has 0 atom stereocenters. The second-order valence-corrected chi connectivity index (χ2v) is 9.51. The summed E-state index contributed by atoms with van der Waals surface area (Å²) in [6.07, 6.45) is 1.74. The number of hydrogen-bond acceptors (Lipinski definition) is 7.